The Morgan fingerprint density at radius 3 is 1.65 bits per heavy atom. The first-order chi connectivity index (χ1) is 24.8. The van der Waals surface area contributed by atoms with Gasteiger partial charge in [-0.15, -0.1) is 0 Å². The first-order valence-electron chi connectivity index (χ1n) is 18.6. The third-order valence-corrected chi connectivity index (χ3v) is 12.7. The number of hydrogen-bond acceptors (Lipinski definition) is 4. The molecule has 5 aliphatic rings. The molecule has 1 aromatic heterocycles. The predicted molar refractivity (Wildman–Crippen MR) is 204 cm³/mol. The van der Waals surface area contributed by atoms with E-state index in [0.717, 1.165) is 45.6 Å². The van der Waals surface area contributed by atoms with Crippen molar-refractivity contribution in [2.75, 3.05) is 0 Å². The van der Waals surface area contributed by atoms with Gasteiger partial charge in [0, 0.05) is 22.1 Å². The van der Waals surface area contributed by atoms with Gasteiger partial charge in [0.05, 0.1) is 11.6 Å². The summed E-state index contributed by atoms with van der Waals surface area (Å²) in [5.74, 6) is 4.84. The molecule has 0 radical (unpaired) electrons. The summed E-state index contributed by atoms with van der Waals surface area (Å²) in [4.78, 5) is 15.1. The van der Waals surface area contributed by atoms with Crippen LogP contribution < -0.4 is 0 Å². The third-order valence-electron chi connectivity index (χ3n) is 12.7. The molecule has 6 aromatic rings. The Bertz CT molecular complexity index is 2330. The van der Waals surface area contributed by atoms with Gasteiger partial charge < -0.3 is 0 Å². The normalized spacial score (nSPS) is 23.4. The molecule has 0 atom stereocenters. The van der Waals surface area contributed by atoms with Crippen LogP contribution in [0.5, 0.6) is 0 Å². The van der Waals surface area contributed by atoms with Crippen LogP contribution in [-0.2, 0) is 10.8 Å². The minimum Gasteiger partial charge on any atom is -0.208 e. The molecule has 4 nitrogen and oxygen atoms in total. The van der Waals surface area contributed by atoms with Crippen molar-refractivity contribution >= 4 is 0 Å². The zero-order chi connectivity index (χ0) is 34.3. The molecule has 0 N–H and O–H groups in total. The SMILES string of the molecule is CC1(C)c2ccc(-c3ccc(-c4nc(-c5ccccc5)nc(-c5ccc(C67C[C@H]8C[C@H](C6)C[C@@H](C7)C8)cc5)n4)cc3)cc2-c2ccc(C#N)cc21. The van der Waals surface area contributed by atoms with Crippen molar-refractivity contribution in [3.05, 3.63) is 138 Å². The summed E-state index contributed by atoms with van der Waals surface area (Å²) in [5.41, 5.74) is 12.7. The summed E-state index contributed by atoms with van der Waals surface area (Å²) >= 11 is 0. The van der Waals surface area contributed by atoms with Crippen molar-refractivity contribution in [2.24, 2.45) is 17.8 Å². The van der Waals surface area contributed by atoms with Gasteiger partial charge >= 0.3 is 0 Å². The first kappa shape index (κ1) is 30.4. The van der Waals surface area contributed by atoms with Gasteiger partial charge in [-0.25, -0.2) is 15.0 Å². The van der Waals surface area contributed by atoms with Crippen LogP contribution in [0.25, 0.3) is 56.4 Å². The lowest BCUT2D eigenvalue weighted by molar-refractivity contribution is -0.00518. The summed E-state index contributed by atoms with van der Waals surface area (Å²) in [6.45, 7) is 4.50. The van der Waals surface area contributed by atoms with Crippen LogP contribution in [0.4, 0.5) is 0 Å². The molecule has 4 fully saturated rings. The van der Waals surface area contributed by atoms with E-state index in [0.29, 0.717) is 28.5 Å². The molecule has 0 unspecified atom stereocenters. The van der Waals surface area contributed by atoms with Gasteiger partial charge in [0.15, 0.2) is 17.5 Å². The van der Waals surface area contributed by atoms with Gasteiger partial charge in [-0.05, 0) is 119 Å². The van der Waals surface area contributed by atoms with Gasteiger partial charge in [0.2, 0.25) is 0 Å². The maximum absolute atomic E-state index is 9.53. The second kappa shape index (κ2) is 11.3. The zero-order valence-electron chi connectivity index (χ0n) is 29.2. The Hall–Kier alpha value is -5.40. The molecule has 4 bridgehead atoms. The zero-order valence-corrected chi connectivity index (χ0v) is 29.2. The number of benzene rings is 5. The molecule has 0 spiro atoms. The molecule has 51 heavy (non-hydrogen) atoms. The van der Waals surface area contributed by atoms with E-state index in [1.165, 1.54) is 66.3 Å². The van der Waals surface area contributed by atoms with Gasteiger partial charge in [-0.3, -0.25) is 0 Å². The quantitative estimate of drug-likeness (QED) is 0.185. The molecule has 0 aliphatic heterocycles. The van der Waals surface area contributed by atoms with Crippen molar-refractivity contribution in [1.82, 2.24) is 15.0 Å². The van der Waals surface area contributed by atoms with Crippen LogP contribution >= 0.6 is 0 Å². The lowest BCUT2D eigenvalue weighted by atomic mass is 9.48. The summed E-state index contributed by atoms with van der Waals surface area (Å²) in [6, 6.07) is 43.2. The fraction of sp³-hybridized carbons (Fsp3) is 0.277. The molecule has 248 valence electrons. The van der Waals surface area contributed by atoms with Gasteiger partial charge in [-0.1, -0.05) is 111 Å². The summed E-state index contributed by atoms with van der Waals surface area (Å²) in [5, 5.41) is 9.53. The molecule has 0 saturated heterocycles. The van der Waals surface area contributed by atoms with Crippen molar-refractivity contribution in [3.63, 3.8) is 0 Å². The van der Waals surface area contributed by atoms with E-state index in [9.17, 15) is 5.26 Å². The van der Waals surface area contributed by atoms with Crippen molar-refractivity contribution in [2.45, 2.75) is 63.2 Å². The van der Waals surface area contributed by atoms with E-state index < -0.39 is 0 Å². The highest BCUT2D eigenvalue weighted by atomic mass is 15.0. The second-order valence-corrected chi connectivity index (χ2v) is 16.3. The van der Waals surface area contributed by atoms with Crippen LogP contribution in [0.2, 0.25) is 0 Å². The molecule has 1 heterocycles. The molecular formula is C47H40N4. The van der Waals surface area contributed by atoms with E-state index in [4.69, 9.17) is 15.0 Å². The van der Waals surface area contributed by atoms with Gasteiger partial charge in [0.25, 0.3) is 0 Å². The Labute approximate surface area is 300 Å². The van der Waals surface area contributed by atoms with Crippen LogP contribution in [0.15, 0.2) is 115 Å². The minimum atomic E-state index is -0.151. The average molecular weight is 661 g/mol. The fourth-order valence-electron chi connectivity index (χ4n) is 10.6. The van der Waals surface area contributed by atoms with E-state index in [1.807, 2.05) is 30.3 Å². The number of nitrogens with zero attached hydrogens (tertiary/aromatic N) is 4. The maximum atomic E-state index is 9.53. The monoisotopic (exact) mass is 660 g/mol. The Balaban J connectivity index is 0.990. The highest BCUT2D eigenvalue weighted by Crippen LogP contribution is 2.60. The molecule has 4 heteroatoms. The lowest BCUT2D eigenvalue weighted by Crippen LogP contribution is -2.48. The molecule has 11 rings (SSSR count). The van der Waals surface area contributed by atoms with Crippen molar-refractivity contribution in [1.29, 1.82) is 5.26 Å². The third kappa shape index (κ3) is 4.97. The average Bonchev–Trinajstić information content (AvgIpc) is 3.39. The van der Waals surface area contributed by atoms with E-state index in [2.05, 4.69) is 105 Å². The highest BCUT2D eigenvalue weighted by Gasteiger charge is 2.51. The van der Waals surface area contributed by atoms with Gasteiger partial charge in [0.1, 0.15) is 0 Å². The Kier molecular flexibility index (Phi) is 6.74. The van der Waals surface area contributed by atoms with Gasteiger partial charge in [-0.2, -0.15) is 5.26 Å². The smallest absolute Gasteiger partial charge is 0.164 e. The number of hydrogen-bond donors (Lipinski definition) is 0. The number of aromatic nitrogens is 3. The minimum absolute atomic E-state index is 0.151. The second-order valence-electron chi connectivity index (χ2n) is 16.3. The topological polar surface area (TPSA) is 62.5 Å². The van der Waals surface area contributed by atoms with E-state index in [-0.39, 0.29) is 5.41 Å². The number of rotatable bonds is 5. The lowest BCUT2D eigenvalue weighted by Gasteiger charge is -2.57. The summed E-state index contributed by atoms with van der Waals surface area (Å²) < 4.78 is 0. The van der Waals surface area contributed by atoms with Crippen LogP contribution in [-0.4, -0.2) is 15.0 Å². The first-order valence-corrected chi connectivity index (χ1v) is 18.6. The van der Waals surface area contributed by atoms with Crippen molar-refractivity contribution in [3.8, 4) is 62.5 Å². The Morgan fingerprint density at radius 2 is 1.06 bits per heavy atom. The molecule has 4 saturated carbocycles. The largest absolute Gasteiger partial charge is 0.208 e. The molecule has 0 amide bonds. The maximum Gasteiger partial charge on any atom is 0.164 e. The van der Waals surface area contributed by atoms with Crippen LogP contribution in [0, 0.1) is 29.1 Å². The van der Waals surface area contributed by atoms with E-state index in [1.54, 1.807) is 0 Å². The predicted octanol–water partition coefficient (Wildman–Crippen LogP) is 11.2. The Morgan fingerprint density at radius 1 is 0.529 bits per heavy atom. The fourth-order valence-corrected chi connectivity index (χ4v) is 10.6. The standard InChI is InChI=1S/C47H40N4/c1-46(2)41-19-15-37(24-40(41)39-18-8-29(28-48)23-42(39)46)33-9-11-35(12-10-33)44-49-43(34-6-4-3-5-7-34)50-45(51-44)36-13-16-38(17-14-36)47-25-30-20-31(26-47)22-32(21-30)27-47/h3-19,23-24,30-32H,20-22,25-27H2,1-2H3/t30-,31-,32-,47?. The summed E-state index contributed by atoms with van der Waals surface area (Å²) in [6.07, 6.45) is 8.46. The summed E-state index contributed by atoms with van der Waals surface area (Å²) in [7, 11) is 0. The molecular weight excluding hydrogens is 621 g/mol. The number of fused-ring (bicyclic) bond motifs is 3. The van der Waals surface area contributed by atoms with Crippen LogP contribution in [0.3, 0.4) is 0 Å². The van der Waals surface area contributed by atoms with Crippen LogP contribution in [0.1, 0.15) is 74.6 Å². The van der Waals surface area contributed by atoms with E-state index >= 15 is 0 Å². The molecule has 5 aliphatic carbocycles. The highest BCUT2D eigenvalue weighted by molar-refractivity contribution is 5.85. The van der Waals surface area contributed by atoms with Crippen molar-refractivity contribution < 1.29 is 0 Å². The number of nitriles is 1. The molecule has 5 aromatic carbocycles.